The Morgan fingerprint density at radius 3 is 2.76 bits per heavy atom. The average Bonchev–Trinajstić information content (AvgIpc) is 2.53. The van der Waals surface area contributed by atoms with E-state index in [-0.39, 0.29) is 5.56 Å². The highest BCUT2D eigenvalue weighted by molar-refractivity contribution is 5.88. The third-order valence-electron chi connectivity index (χ3n) is 3.05. The van der Waals surface area contributed by atoms with Crippen molar-refractivity contribution in [3.63, 3.8) is 0 Å². The molecule has 0 saturated carbocycles. The lowest BCUT2D eigenvalue weighted by Crippen LogP contribution is -2.21. The summed E-state index contributed by atoms with van der Waals surface area (Å²) in [5.74, 6) is -1.21. The zero-order valence-electron chi connectivity index (χ0n) is 11.1. The first-order chi connectivity index (χ1) is 10.2. The molecule has 0 bridgehead atoms. The minimum Gasteiger partial charge on any atom is -0.545 e. The van der Waals surface area contributed by atoms with Crippen LogP contribution >= 0.6 is 0 Å². The van der Waals surface area contributed by atoms with Crippen molar-refractivity contribution in [3.05, 3.63) is 71.9 Å². The number of para-hydroxylation sites is 1. The van der Waals surface area contributed by atoms with E-state index in [0.29, 0.717) is 11.4 Å². The lowest BCUT2D eigenvalue weighted by atomic mass is 10.2. The second-order valence-electron chi connectivity index (χ2n) is 4.52. The number of benzene rings is 2. The average molecular weight is 275 g/mol. The molecule has 0 fully saturated rings. The van der Waals surface area contributed by atoms with Crippen LogP contribution in [0.1, 0.15) is 16.1 Å². The number of aliphatic imine (C=N–C) groups is 1. The van der Waals surface area contributed by atoms with Crippen LogP contribution in [0, 0.1) is 0 Å². The first kappa shape index (κ1) is 13.0. The fourth-order valence-corrected chi connectivity index (χ4v) is 2.01. The van der Waals surface area contributed by atoms with Crippen molar-refractivity contribution < 1.29 is 9.90 Å². The summed E-state index contributed by atoms with van der Waals surface area (Å²) < 4.78 is 0. The molecule has 1 aromatic heterocycles. The number of nitrogens with zero attached hydrogens (tertiary/aromatic N) is 2. The maximum atomic E-state index is 10.8. The van der Waals surface area contributed by atoms with Gasteiger partial charge >= 0.3 is 0 Å². The number of carbonyl (C=O) groups excluding carboxylic acids is 1. The number of hydrogen-bond acceptors (Lipinski definition) is 4. The second kappa shape index (κ2) is 5.54. The van der Waals surface area contributed by atoms with Gasteiger partial charge in [0.05, 0.1) is 29.1 Å². The number of carboxylic acid groups (broad SMARTS) is 1. The largest absolute Gasteiger partial charge is 0.545 e. The van der Waals surface area contributed by atoms with Gasteiger partial charge in [-0.2, -0.15) is 0 Å². The molecule has 0 spiro atoms. The van der Waals surface area contributed by atoms with Crippen molar-refractivity contribution in [2.75, 3.05) is 0 Å². The molecule has 0 saturated heterocycles. The number of carboxylic acids is 1. The molecule has 2 aromatic carbocycles. The molecule has 102 valence electrons. The predicted octanol–water partition coefficient (Wildman–Crippen LogP) is 2.35. The highest BCUT2D eigenvalue weighted by Crippen LogP contribution is 2.15. The van der Waals surface area contributed by atoms with Gasteiger partial charge in [-0.1, -0.05) is 36.4 Å². The summed E-state index contributed by atoms with van der Waals surface area (Å²) in [4.78, 5) is 19.5. The van der Waals surface area contributed by atoms with Crippen molar-refractivity contribution in [2.45, 2.75) is 0 Å². The lowest BCUT2D eigenvalue weighted by molar-refractivity contribution is -0.255. The van der Waals surface area contributed by atoms with Crippen LogP contribution in [-0.4, -0.2) is 17.2 Å². The van der Waals surface area contributed by atoms with E-state index in [1.165, 1.54) is 12.1 Å². The van der Waals surface area contributed by atoms with Crippen LogP contribution in [0.2, 0.25) is 0 Å². The highest BCUT2D eigenvalue weighted by Gasteiger charge is 1.97. The van der Waals surface area contributed by atoms with Crippen molar-refractivity contribution in [3.8, 4) is 0 Å². The Labute approximate surface area is 121 Å². The Morgan fingerprint density at radius 1 is 1.05 bits per heavy atom. The van der Waals surface area contributed by atoms with Crippen molar-refractivity contribution in [1.82, 2.24) is 4.98 Å². The fourth-order valence-electron chi connectivity index (χ4n) is 2.01. The number of hydrogen-bond donors (Lipinski definition) is 0. The van der Waals surface area contributed by atoms with Gasteiger partial charge in [-0.15, -0.1) is 0 Å². The number of fused-ring (bicyclic) bond motifs is 1. The summed E-state index contributed by atoms with van der Waals surface area (Å²) in [7, 11) is 0. The van der Waals surface area contributed by atoms with E-state index in [4.69, 9.17) is 0 Å². The molecule has 4 heteroatoms. The van der Waals surface area contributed by atoms with Crippen LogP contribution in [0.15, 0.2) is 65.7 Å². The number of carbonyl (C=O) groups is 1. The molecule has 0 atom stereocenters. The number of rotatable bonds is 3. The highest BCUT2D eigenvalue weighted by atomic mass is 16.4. The lowest BCUT2D eigenvalue weighted by Gasteiger charge is -2.02. The zero-order chi connectivity index (χ0) is 14.7. The van der Waals surface area contributed by atoms with Gasteiger partial charge in [-0.3, -0.25) is 4.99 Å². The van der Waals surface area contributed by atoms with E-state index >= 15 is 0 Å². The van der Waals surface area contributed by atoms with E-state index in [9.17, 15) is 9.90 Å². The molecule has 0 N–H and O–H groups in total. The molecule has 21 heavy (non-hydrogen) atoms. The summed E-state index contributed by atoms with van der Waals surface area (Å²) in [6, 6.07) is 18.0. The van der Waals surface area contributed by atoms with Gasteiger partial charge in [0.2, 0.25) is 0 Å². The minimum atomic E-state index is -1.21. The normalized spacial score (nSPS) is 11.0. The number of aromatic nitrogens is 1. The zero-order valence-corrected chi connectivity index (χ0v) is 11.1. The maximum absolute atomic E-state index is 10.8. The molecule has 0 aliphatic carbocycles. The summed E-state index contributed by atoms with van der Waals surface area (Å²) in [6.07, 6.45) is 1.61. The first-order valence-corrected chi connectivity index (χ1v) is 6.44. The van der Waals surface area contributed by atoms with Crippen LogP contribution in [0.25, 0.3) is 10.9 Å². The minimum absolute atomic E-state index is 0.108. The summed E-state index contributed by atoms with van der Waals surface area (Å²) in [6.45, 7) is 0. The number of aromatic carboxylic acids is 1. The van der Waals surface area contributed by atoms with Crippen LogP contribution in [0.4, 0.5) is 5.69 Å². The van der Waals surface area contributed by atoms with Gasteiger partial charge in [0.25, 0.3) is 0 Å². The smallest absolute Gasteiger partial charge is 0.0820 e. The van der Waals surface area contributed by atoms with Gasteiger partial charge in [0.15, 0.2) is 0 Å². The monoisotopic (exact) mass is 275 g/mol. The molecule has 0 aliphatic heterocycles. The van der Waals surface area contributed by atoms with Gasteiger partial charge in [0, 0.05) is 5.39 Å². The summed E-state index contributed by atoms with van der Waals surface area (Å²) in [5, 5.41) is 11.9. The van der Waals surface area contributed by atoms with Gasteiger partial charge in [-0.25, -0.2) is 4.98 Å². The Bertz CT molecular complexity index is 841. The van der Waals surface area contributed by atoms with Gasteiger partial charge in [-0.05, 0) is 29.8 Å². The molecule has 0 amide bonds. The van der Waals surface area contributed by atoms with Crippen LogP contribution < -0.4 is 5.11 Å². The molecule has 3 aromatic rings. The summed E-state index contributed by atoms with van der Waals surface area (Å²) >= 11 is 0. The third-order valence-corrected chi connectivity index (χ3v) is 3.05. The Hall–Kier alpha value is -3.01. The standard InChI is InChI=1S/C17H12N2O2/c20-17(21)13-5-3-6-14(10-13)18-11-15-9-8-12-4-1-2-7-16(12)19-15/h1-11H,(H,20,21)/p-1. The number of pyridine rings is 1. The molecule has 4 nitrogen and oxygen atoms in total. The van der Waals surface area contributed by atoms with Crippen LogP contribution in [0.5, 0.6) is 0 Å². The maximum Gasteiger partial charge on any atom is 0.0820 e. The van der Waals surface area contributed by atoms with Gasteiger partial charge < -0.3 is 9.90 Å². The molecular weight excluding hydrogens is 264 g/mol. The molecule has 0 unspecified atom stereocenters. The molecular formula is C17H11N2O2-. The van der Waals surface area contributed by atoms with Crippen LogP contribution in [0.3, 0.4) is 0 Å². The van der Waals surface area contributed by atoms with Crippen LogP contribution in [-0.2, 0) is 0 Å². The third kappa shape index (κ3) is 2.95. The summed E-state index contributed by atoms with van der Waals surface area (Å²) in [5.41, 5.74) is 2.26. The molecule has 3 rings (SSSR count). The van der Waals surface area contributed by atoms with E-state index in [1.807, 2.05) is 36.4 Å². The fraction of sp³-hybridized carbons (Fsp3) is 0. The molecule has 0 aliphatic rings. The van der Waals surface area contributed by atoms with E-state index in [1.54, 1.807) is 18.3 Å². The van der Waals surface area contributed by atoms with Crippen molar-refractivity contribution in [1.29, 1.82) is 0 Å². The molecule has 0 radical (unpaired) electrons. The van der Waals surface area contributed by atoms with Crippen molar-refractivity contribution in [2.24, 2.45) is 4.99 Å². The SMILES string of the molecule is O=C([O-])c1cccc(N=Cc2ccc3ccccc3n2)c1. The van der Waals surface area contributed by atoms with Gasteiger partial charge in [0.1, 0.15) is 0 Å². The quantitative estimate of drug-likeness (QED) is 0.689. The van der Waals surface area contributed by atoms with E-state index < -0.39 is 5.97 Å². The Balaban J connectivity index is 1.90. The second-order valence-corrected chi connectivity index (χ2v) is 4.52. The predicted molar refractivity (Wildman–Crippen MR) is 79.8 cm³/mol. The van der Waals surface area contributed by atoms with E-state index in [0.717, 1.165) is 10.9 Å². The van der Waals surface area contributed by atoms with Crippen molar-refractivity contribution >= 4 is 28.8 Å². The molecule has 1 heterocycles. The first-order valence-electron chi connectivity index (χ1n) is 6.44. The Morgan fingerprint density at radius 2 is 1.90 bits per heavy atom. The Kier molecular flexibility index (Phi) is 3.43. The van der Waals surface area contributed by atoms with E-state index in [2.05, 4.69) is 9.98 Å². The topological polar surface area (TPSA) is 65.4 Å².